The summed E-state index contributed by atoms with van der Waals surface area (Å²) in [5, 5.41) is 0. The molecule has 0 spiro atoms. The van der Waals surface area contributed by atoms with Crippen LogP contribution in [0.2, 0.25) is 0 Å². The van der Waals surface area contributed by atoms with E-state index in [9.17, 15) is 4.79 Å². The molecule has 0 bridgehead atoms. The van der Waals surface area contributed by atoms with Crippen molar-refractivity contribution < 1.29 is 4.42 Å². The maximum absolute atomic E-state index is 11.2. The molecule has 0 aliphatic carbocycles. The third-order valence-corrected chi connectivity index (χ3v) is 3.66. The van der Waals surface area contributed by atoms with Crippen molar-refractivity contribution in [3.63, 3.8) is 0 Å². The summed E-state index contributed by atoms with van der Waals surface area (Å²) in [4.78, 5) is 13.8. The Bertz CT molecular complexity index is 810. The number of hydrogen-bond acceptors (Lipinski definition) is 3. The van der Waals surface area contributed by atoms with Crippen molar-refractivity contribution in [3.05, 3.63) is 69.2 Å². The number of nitrogens with two attached hydrogens (primary N) is 1. The molecule has 0 fully saturated rings. The Morgan fingerprint density at radius 1 is 1.15 bits per heavy atom. The Morgan fingerprint density at radius 3 is 2.55 bits per heavy atom. The molecule has 0 aliphatic heterocycles. The van der Waals surface area contributed by atoms with E-state index in [1.54, 1.807) is 0 Å². The van der Waals surface area contributed by atoms with Gasteiger partial charge in [0.05, 0.1) is 11.6 Å². The second-order valence-electron chi connectivity index (χ2n) is 5.05. The molecule has 1 atom stereocenters. The summed E-state index contributed by atoms with van der Waals surface area (Å²) in [5.74, 6) is -0.446. The molecule has 20 heavy (non-hydrogen) atoms. The van der Waals surface area contributed by atoms with Gasteiger partial charge in [-0.05, 0) is 48.2 Å². The van der Waals surface area contributed by atoms with Crippen LogP contribution in [0.15, 0.2) is 45.6 Å². The van der Waals surface area contributed by atoms with Gasteiger partial charge in [-0.1, -0.05) is 24.3 Å². The van der Waals surface area contributed by atoms with E-state index in [0.29, 0.717) is 11.1 Å². The lowest BCUT2D eigenvalue weighted by Gasteiger charge is -2.17. The topological polar surface area (TPSA) is 72.0 Å². The van der Waals surface area contributed by atoms with Gasteiger partial charge in [0.15, 0.2) is 5.58 Å². The number of oxazole rings is 1. The summed E-state index contributed by atoms with van der Waals surface area (Å²) in [5.41, 5.74) is 12.0. The molecule has 2 aromatic carbocycles. The third kappa shape index (κ3) is 2.04. The van der Waals surface area contributed by atoms with Crippen LogP contribution in [0.4, 0.5) is 0 Å². The summed E-state index contributed by atoms with van der Waals surface area (Å²) in [7, 11) is 0. The van der Waals surface area contributed by atoms with Gasteiger partial charge >= 0.3 is 5.76 Å². The number of nitrogens with one attached hydrogen (secondary N) is 1. The van der Waals surface area contributed by atoms with Crippen LogP contribution in [0.1, 0.15) is 28.3 Å². The number of benzene rings is 2. The summed E-state index contributed by atoms with van der Waals surface area (Å²) >= 11 is 0. The Hall–Kier alpha value is -2.33. The first-order valence-electron chi connectivity index (χ1n) is 6.51. The molecule has 1 unspecified atom stereocenters. The molecule has 0 aliphatic rings. The van der Waals surface area contributed by atoms with E-state index in [0.717, 1.165) is 22.3 Å². The van der Waals surface area contributed by atoms with E-state index < -0.39 is 5.76 Å². The van der Waals surface area contributed by atoms with Crippen molar-refractivity contribution in [1.82, 2.24) is 4.98 Å². The van der Waals surface area contributed by atoms with Crippen molar-refractivity contribution >= 4 is 11.1 Å². The smallest absolute Gasteiger partial charge is 0.408 e. The van der Waals surface area contributed by atoms with Crippen LogP contribution in [0.25, 0.3) is 11.1 Å². The average Bonchev–Trinajstić information content (AvgIpc) is 2.77. The van der Waals surface area contributed by atoms with Gasteiger partial charge in [0.25, 0.3) is 0 Å². The summed E-state index contributed by atoms with van der Waals surface area (Å²) in [6, 6.07) is 11.5. The molecular weight excluding hydrogens is 252 g/mol. The maximum atomic E-state index is 11.2. The molecule has 3 aromatic rings. The van der Waals surface area contributed by atoms with Gasteiger partial charge in [-0.25, -0.2) is 4.79 Å². The fourth-order valence-corrected chi connectivity index (χ4v) is 2.64. The number of rotatable bonds is 2. The minimum Gasteiger partial charge on any atom is -0.408 e. The van der Waals surface area contributed by atoms with Gasteiger partial charge in [0.1, 0.15) is 0 Å². The zero-order valence-corrected chi connectivity index (χ0v) is 11.4. The highest BCUT2D eigenvalue weighted by Crippen LogP contribution is 2.27. The van der Waals surface area contributed by atoms with Gasteiger partial charge in [-0.3, -0.25) is 4.98 Å². The predicted octanol–water partition coefficient (Wildman–Crippen LogP) is 2.79. The molecule has 0 saturated carbocycles. The second-order valence-corrected chi connectivity index (χ2v) is 5.05. The van der Waals surface area contributed by atoms with Crippen LogP contribution in [0, 0.1) is 13.8 Å². The van der Waals surface area contributed by atoms with Crippen molar-refractivity contribution in [1.29, 1.82) is 0 Å². The number of aryl methyl sites for hydroxylation is 2. The molecule has 1 aromatic heterocycles. The predicted molar refractivity (Wildman–Crippen MR) is 78.8 cm³/mol. The minimum absolute atomic E-state index is 0.235. The van der Waals surface area contributed by atoms with Crippen LogP contribution in [-0.4, -0.2) is 4.98 Å². The Kier molecular flexibility index (Phi) is 2.95. The molecule has 0 amide bonds. The van der Waals surface area contributed by atoms with Gasteiger partial charge in [-0.2, -0.15) is 0 Å². The Balaban J connectivity index is 2.12. The highest BCUT2D eigenvalue weighted by Gasteiger charge is 2.15. The van der Waals surface area contributed by atoms with Gasteiger partial charge in [0, 0.05) is 0 Å². The summed E-state index contributed by atoms with van der Waals surface area (Å²) in [6.45, 7) is 4.11. The lowest BCUT2D eigenvalue weighted by Crippen LogP contribution is -2.14. The number of hydrogen-bond donors (Lipinski definition) is 2. The molecule has 0 saturated heterocycles. The Labute approximate surface area is 116 Å². The lowest BCUT2D eigenvalue weighted by atomic mass is 9.92. The van der Waals surface area contributed by atoms with E-state index in [2.05, 4.69) is 31.0 Å². The summed E-state index contributed by atoms with van der Waals surface area (Å²) in [6.07, 6.45) is 0. The molecule has 1 heterocycles. The normalized spacial score (nSPS) is 12.8. The van der Waals surface area contributed by atoms with E-state index in [1.807, 2.05) is 24.3 Å². The van der Waals surface area contributed by atoms with Crippen molar-refractivity contribution in [2.75, 3.05) is 0 Å². The third-order valence-electron chi connectivity index (χ3n) is 3.66. The first-order valence-corrected chi connectivity index (χ1v) is 6.51. The molecular formula is C16H16N2O2. The molecule has 3 N–H and O–H groups in total. The standard InChI is InChI=1S/C16H16N2O2/c1-9-4-3-5-10(2)14(9)15(17)11-6-7-12-13(8-11)20-16(19)18-12/h3-8,15H,17H2,1-2H3,(H,18,19). The highest BCUT2D eigenvalue weighted by atomic mass is 16.4. The van der Waals surface area contributed by atoms with E-state index in [1.165, 1.54) is 0 Å². The van der Waals surface area contributed by atoms with E-state index in [4.69, 9.17) is 10.2 Å². The number of aromatic nitrogens is 1. The van der Waals surface area contributed by atoms with Crippen LogP contribution in [0.5, 0.6) is 0 Å². The maximum Gasteiger partial charge on any atom is 0.417 e. The zero-order chi connectivity index (χ0) is 14.3. The molecule has 4 heteroatoms. The fourth-order valence-electron chi connectivity index (χ4n) is 2.64. The number of fused-ring (bicyclic) bond motifs is 1. The molecule has 4 nitrogen and oxygen atoms in total. The van der Waals surface area contributed by atoms with Crippen molar-refractivity contribution in [2.24, 2.45) is 5.73 Å². The van der Waals surface area contributed by atoms with E-state index in [-0.39, 0.29) is 6.04 Å². The monoisotopic (exact) mass is 268 g/mol. The number of aromatic amines is 1. The SMILES string of the molecule is Cc1cccc(C)c1C(N)c1ccc2[nH]c(=O)oc2c1. The largest absolute Gasteiger partial charge is 0.417 e. The van der Waals surface area contributed by atoms with Crippen molar-refractivity contribution in [2.45, 2.75) is 19.9 Å². The van der Waals surface area contributed by atoms with E-state index >= 15 is 0 Å². The average molecular weight is 268 g/mol. The lowest BCUT2D eigenvalue weighted by molar-refractivity contribution is 0.555. The highest BCUT2D eigenvalue weighted by molar-refractivity contribution is 5.73. The van der Waals surface area contributed by atoms with Gasteiger partial charge in [-0.15, -0.1) is 0 Å². The fraction of sp³-hybridized carbons (Fsp3) is 0.188. The molecule has 102 valence electrons. The van der Waals surface area contributed by atoms with Crippen LogP contribution in [-0.2, 0) is 0 Å². The van der Waals surface area contributed by atoms with Crippen molar-refractivity contribution in [3.8, 4) is 0 Å². The quantitative estimate of drug-likeness (QED) is 0.750. The second kappa shape index (κ2) is 4.65. The number of H-pyrrole nitrogens is 1. The van der Waals surface area contributed by atoms with Crippen LogP contribution < -0.4 is 11.5 Å². The Morgan fingerprint density at radius 2 is 1.85 bits per heavy atom. The van der Waals surface area contributed by atoms with Gasteiger partial charge < -0.3 is 10.2 Å². The molecule has 3 rings (SSSR count). The van der Waals surface area contributed by atoms with Crippen LogP contribution >= 0.6 is 0 Å². The van der Waals surface area contributed by atoms with Crippen LogP contribution in [0.3, 0.4) is 0 Å². The first-order chi connectivity index (χ1) is 9.56. The first kappa shape index (κ1) is 12.7. The zero-order valence-electron chi connectivity index (χ0n) is 11.4. The molecule has 0 radical (unpaired) electrons. The minimum atomic E-state index is -0.446. The van der Waals surface area contributed by atoms with Gasteiger partial charge in [0.2, 0.25) is 0 Å². The summed E-state index contributed by atoms with van der Waals surface area (Å²) < 4.78 is 5.09.